The topological polar surface area (TPSA) is 17.8 Å². The van der Waals surface area contributed by atoms with E-state index in [0.717, 1.165) is 23.7 Å². The lowest BCUT2D eigenvalue weighted by molar-refractivity contribution is 0.626. The molecule has 0 spiro atoms. The molecule has 0 saturated carbocycles. The average Bonchev–Trinajstić information content (AvgIpc) is 2.30. The normalized spacial score (nSPS) is 10.3. The van der Waals surface area contributed by atoms with Gasteiger partial charge in [0.15, 0.2) is 0 Å². The van der Waals surface area contributed by atoms with Gasteiger partial charge in [-0.25, -0.2) is 0 Å². The highest BCUT2D eigenvalue weighted by molar-refractivity contribution is 6.31. The van der Waals surface area contributed by atoms with Gasteiger partial charge in [0, 0.05) is 6.54 Å². The van der Waals surface area contributed by atoms with Gasteiger partial charge in [-0.15, -0.1) is 0 Å². The molecule has 0 unspecified atom stereocenters. The summed E-state index contributed by atoms with van der Waals surface area (Å²) in [6, 6.07) is 0. The van der Waals surface area contributed by atoms with Gasteiger partial charge in [0.05, 0.1) is 16.9 Å². The first-order valence-corrected chi connectivity index (χ1v) is 3.87. The highest BCUT2D eigenvalue weighted by atomic mass is 35.5. The molecule has 10 heavy (non-hydrogen) atoms. The zero-order chi connectivity index (χ0) is 7.56. The first-order valence-electron chi connectivity index (χ1n) is 3.49. The molecule has 0 atom stereocenters. The number of aromatic nitrogens is 2. The van der Waals surface area contributed by atoms with Crippen LogP contribution >= 0.6 is 11.6 Å². The van der Waals surface area contributed by atoms with Crippen molar-refractivity contribution in [1.29, 1.82) is 0 Å². The molecule has 3 heteroatoms. The third kappa shape index (κ3) is 1.16. The number of nitrogens with zero attached hydrogens (tertiary/aromatic N) is 2. The highest BCUT2D eigenvalue weighted by Gasteiger charge is 2.03. The van der Waals surface area contributed by atoms with Crippen LogP contribution in [-0.2, 0) is 13.0 Å². The van der Waals surface area contributed by atoms with E-state index in [4.69, 9.17) is 11.6 Å². The van der Waals surface area contributed by atoms with Gasteiger partial charge in [-0.2, -0.15) is 5.10 Å². The van der Waals surface area contributed by atoms with E-state index in [9.17, 15) is 0 Å². The van der Waals surface area contributed by atoms with E-state index in [1.165, 1.54) is 0 Å². The molecule has 1 heterocycles. The number of aryl methyl sites for hydroxylation is 1. The van der Waals surface area contributed by atoms with E-state index in [2.05, 4.69) is 18.9 Å². The fourth-order valence-electron chi connectivity index (χ4n) is 1.01. The van der Waals surface area contributed by atoms with Crippen molar-refractivity contribution in [2.45, 2.75) is 26.8 Å². The molecule has 0 fully saturated rings. The van der Waals surface area contributed by atoms with E-state index in [1.54, 1.807) is 6.20 Å². The number of hydrogen-bond acceptors (Lipinski definition) is 1. The van der Waals surface area contributed by atoms with Gasteiger partial charge in [0.2, 0.25) is 0 Å². The molecule has 0 aliphatic rings. The predicted molar refractivity (Wildman–Crippen MR) is 42.3 cm³/mol. The van der Waals surface area contributed by atoms with Gasteiger partial charge in [-0.3, -0.25) is 4.68 Å². The van der Waals surface area contributed by atoms with Crippen molar-refractivity contribution < 1.29 is 0 Å². The average molecular weight is 159 g/mol. The maximum absolute atomic E-state index is 5.84. The Hall–Kier alpha value is -0.500. The van der Waals surface area contributed by atoms with E-state index < -0.39 is 0 Å². The summed E-state index contributed by atoms with van der Waals surface area (Å²) in [6.45, 7) is 5.04. The number of halogens is 1. The maximum Gasteiger partial charge on any atom is 0.0817 e. The first-order chi connectivity index (χ1) is 4.79. The quantitative estimate of drug-likeness (QED) is 0.645. The van der Waals surface area contributed by atoms with Gasteiger partial charge in [-0.1, -0.05) is 18.5 Å². The Morgan fingerprint density at radius 2 is 2.30 bits per heavy atom. The Morgan fingerprint density at radius 3 is 2.70 bits per heavy atom. The van der Waals surface area contributed by atoms with Crippen molar-refractivity contribution in [2.24, 2.45) is 0 Å². The number of rotatable bonds is 2. The van der Waals surface area contributed by atoms with Crippen LogP contribution in [0.2, 0.25) is 5.02 Å². The summed E-state index contributed by atoms with van der Waals surface area (Å²) in [4.78, 5) is 0. The highest BCUT2D eigenvalue weighted by Crippen LogP contribution is 2.14. The Bertz CT molecular complexity index is 217. The van der Waals surface area contributed by atoms with E-state index in [-0.39, 0.29) is 0 Å². The molecule has 56 valence electrons. The fourth-order valence-corrected chi connectivity index (χ4v) is 1.29. The lowest BCUT2D eigenvalue weighted by Gasteiger charge is -2.00. The summed E-state index contributed by atoms with van der Waals surface area (Å²) in [5.74, 6) is 0. The molecular weight excluding hydrogens is 148 g/mol. The van der Waals surface area contributed by atoms with Gasteiger partial charge in [0.25, 0.3) is 0 Å². The molecule has 0 amide bonds. The molecule has 0 aliphatic carbocycles. The first kappa shape index (κ1) is 7.61. The molecule has 1 aromatic heterocycles. The van der Waals surface area contributed by atoms with Crippen LogP contribution in [0.15, 0.2) is 6.20 Å². The summed E-state index contributed by atoms with van der Waals surface area (Å²) in [6.07, 6.45) is 2.65. The second kappa shape index (κ2) is 3.06. The Balaban J connectivity index is 3.01. The van der Waals surface area contributed by atoms with E-state index in [0.29, 0.717) is 0 Å². The van der Waals surface area contributed by atoms with Crippen molar-refractivity contribution in [3.8, 4) is 0 Å². The smallest absolute Gasteiger partial charge is 0.0817 e. The molecule has 0 saturated heterocycles. The van der Waals surface area contributed by atoms with Gasteiger partial charge in [0.1, 0.15) is 0 Å². The van der Waals surface area contributed by atoms with Crippen LogP contribution in [0.1, 0.15) is 19.5 Å². The lowest BCUT2D eigenvalue weighted by Crippen LogP contribution is -2.00. The molecule has 0 bridgehead atoms. The second-order valence-electron chi connectivity index (χ2n) is 2.11. The molecular formula is C7H11ClN2. The molecule has 0 aliphatic heterocycles. The van der Waals surface area contributed by atoms with Crippen molar-refractivity contribution in [2.75, 3.05) is 0 Å². The Morgan fingerprint density at radius 1 is 1.60 bits per heavy atom. The minimum absolute atomic E-state index is 0.782. The van der Waals surface area contributed by atoms with Crippen molar-refractivity contribution >= 4 is 11.6 Å². The van der Waals surface area contributed by atoms with Crippen LogP contribution < -0.4 is 0 Å². The second-order valence-corrected chi connectivity index (χ2v) is 2.52. The van der Waals surface area contributed by atoms with Crippen molar-refractivity contribution in [3.05, 3.63) is 16.9 Å². The summed E-state index contributed by atoms with van der Waals surface area (Å²) < 4.78 is 1.92. The third-order valence-electron chi connectivity index (χ3n) is 1.53. The minimum atomic E-state index is 0.782. The summed E-state index contributed by atoms with van der Waals surface area (Å²) in [7, 11) is 0. The monoisotopic (exact) mass is 158 g/mol. The van der Waals surface area contributed by atoms with E-state index in [1.807, 2.05) is 4.68 Å². The Labute approximate surface area is 65.8 Å². The standard InChI is InChI=1S/C7H11ClN2/c1-3-7-6(8)5-9-10(7)4-2/h5H,3-4H2,1-2H3. The Kier molecular flexibility index (Phi) is 2.33. The summed E-state index contributed by atoms with van der Waals surface area (Å²) in [5.41, 5.74) is 1.13. The SMILES string of the molecule is CCc1c(Cl)cnn1CC. The molecule has 0 radical (unpaired) electrons. The predicted octanol–water partition coefficient (Wildman–Crippen LogP) is 2.12. The number of hydrogen-bond donors (Lipinski definition) is 0. The molecule has 1 rings (SSSR count). The van der Waals surface area contributed by atoms with Crippen LogP contribution in [0.25, 0.3) is 0 Å². The summed E-state index contributed by atoms with van der Waals surface area (Å²) in [5, 5.41) is 4.87. The fraction of sp³-hybridized carbons (Fsp3) is 0.571. The van der Waals surface area contributed by atoms with Crippen LogP contribution in [-0.4, -0.2) is 9.78 Å². The van der Waals surface area contributed by atoms with E-state index >= 15 is 0 Å². The van der Waals surface area contributed by atoms with Crippen LogP contribution in [0.3, 0.4) is 0 Å². The van der Waals surface area contributed by atoms with Crippen LogP contribution in [0.5, 0.6) is 0 Å². The summed E-state index contributed by atoms with van der Waals surface area (Å²) >= 11 is 5.84. The van der Waals surface area contributed by atoms with Gasteiger partial charge in [-0.05, 0) is 13.3 Å². The molecule has 0 aromatic carbocycles. The van der Waals surface area contributed by atoms with Crippen LogP contribution in [0, 0.1) is 0 Å². The third-order valence-corrected chi connectivity index (χ3v) is 1.85. The zero-order valence-corrected chi connectivity index (χ0v) is 7.02. The molecule has 1 aromatic rings. The molecule has 0 N–H and O–H groups in total. The largest absolute Gasteiger partial charge is 0.268 e. The zero-order valence-electron chi connectivity index (χ0n) is 6.26. The maximum atomic E-state index is 5.84. The van der Waals surface area contributed by atoms with Crippen LogP contribution in [0.4, 0.5) is 0 Å². The van der Waals surface area contributed by atoms with Crippen molar-refractivity contribution in [3.63, 3.8) is 0 Å². The van der Waals surface area contributed by atoms with Gasteiger partial charge < -0.3 is 0 Å². The lowest BCUT2D eigenvalue weighted by atomic mass is 10.3. The molecule has 2 nitrogen and oxygen atoms in total. The van der Waals surface area contributed by atoms with Gasteiger partial charge >= 0.3 is 0 Å². The minimum Gasteiger partial charge on any atom is -0.268 e. The van der Waals surface area contributed by atoms with Crippen molar-refractivity contribution in [1.82, 2.24) is 9.78 Å².